The molecule has 0 saturated carbocycles. The van der Waals surface area contributed by atoms with Crippen molar-refractivity contribution in [2.75, 3.05) is 0 Å². The first-order valence-corrected chi connectivity index (χ1v) is 5.56. The summed E-state index contributed by atoms with van der Waals surface area (Å²) in [6.45, 7) is 0. The number of hydrogen-bond acceptors (Lipinski definition) is 2. The Morgan fingerprint density at radius 3 is 2.75 bits per heavy atom. The molecule has 0 spiro atoms. The molecule has 0 aliphatic heterocycles. The van der Waals surface area contributed by atoms with Gasteiger partial charge in [0.2, 0.25) is 0 Å². The van der Waals surface area contributed by atoms with Crippen LogP contribution >= 0.6 is 27.5 Å². The molecule has 1 aromatic heterocycles. The van der Waals surface area contributed by atoms with Gasteiger partial charge in [0, 0.05) is 18.5 Å². The molecule has 1 heterocycles. The second-order valence-corrected chi connectivity index (χ2v) is 4.24. The van der Waals surface area contributed by atoms with Crippen LogP contribution in [0, 0.1) is 5.82 Å². The summed E-state index contributed by atoms with van der Waals surface area (Å²) in [5.41, 5.74) is 0. The van der Waals surface area contributed by atoms with Gasteiger partial charge in [-0.3, -0.25) is 4.98 Å². The lowest BCUT2D eigenvalue weighted by molar-refractivity contribution is 0.477. The molecule has 5 heteroatoms. The summed E-state index contributed by atoms with van der Waals surface area (Å²) < 4.78 is 19.0. The van der Waals surface area contributed by atoms with Gasteiger partial charge in [0.15, 0.2) is 0 Å². The van der Waals surface area contributed by atoms with Crippen molar-refractivity contribution in [2.24, 2.45) is 0 Å². The molecule has 0 N–H and O–H groups in total. The molecule has 2 rings (SSSR count). The minimum atomic E-state index is -0.397. The van der Waals surface area contributed by atoms with E-state index < -0.39 is 5.82 Å². The molecule has 0 bridgehead atoms. The number of rotatable bonds is 2. The lowest BCUT2D eigenvalue weighted by atomic mass is 10.3. The van der Waals surface area contributed by atoms with Gasteiger partial charge in [0.05, 0.1) is 9.50 Å². The predicted octanol–water partition coefficient (Wildman–Crippen LogP) is 4.43. The van der Waals surface area contributed by atoms with E-state index in [1.54, 1.807) is 18.5 Å². The quantitative estimate of drug-likeness (QED) is 0.819. The molecule has 0 fully saturated rings. The van der Waals surface area contributed by atoms with Crippen LogP contribution in [0.4, 0.5) is 4.39 Å². The van der Waals surface area contributed by atoms with E-state index in [0.29, 0.717) is 16.0 Å². The maximum atomic E-state index is 12.8. The standard InChI is InChI=1S/C11H6BrClFNO/c12-8-6-15-4-3-10(8)16-11-2-1-7(14)5-9(11)13/h1-6H. The summed E-state index contributed by atoms with van der Waals surface area (Å²) in [5.74, 6) is 0.574. The van der Waals surface area contributed by atoms with Crippen molar-refractivity contribution in [1.82, 2.24) is 4.98 Å². The number of hydrogen-bond donors (Lipinski definition) is 0. The lowest BCUT2D eigenvalue weighted by Gasteiger charge is -2.08. The molecule has 82 valence electrons. The molecule has 2 aromatic rings. The first-order valence-electron chi connectivity index (χ1n) is 4.39. The highest BCUT2D eigenvalue weighted by Gasteiger charge is 2.06. The Morgan fingerprint density at radius 2 is 2.06 bits per heavy atom. The maximum Gasteiger partial charge on any atom is 0.146 e. The molecule has 2 nitrogen and oxygen atoms in total. The van der Waals surface area contributed by atoms with E-state index in [9.17, 15) is 4.39 Å². The summed E-state index contributed by atoms with van der Waals surface area (Å²) in [4.78, 5) is 3.90. The Morgan fingerprint density at radius 1 is 1.25 bits per heavy atom. The maximum absolute atomic E-state index is 12.8. The van der Waals surface area contributed by atoms with E-state index in [-0.39, 0.29) is 5.02 Å². The third-order valence-corrected chi connectivity index (χ3v) is 2.74. The zero-order valence-electron chi connectivity index (χ0n) is 7.95. The van der Waals surface area contributed by atoms with E-state index in [0.717, 1.165) is 0 Å². The van der Waals surface area contributed by atoms with Gasteiger partial charge in [-0.1, -0.05) is 11.6 Å². The number of ether oxygens (including phenoxy) is 1. The van der Waals surface area contributed by atoms with Crippen molar-refractivity contribution in [3.05, 3.63) is 52.0 Å². The van der Waals surface area contributed by atoms with E-state index in [1.165, 1.54) is 18.2 Å². The van der Waals surface area contributed by atoms with Crippen molar-refractivity contribution in [2.45, 2.75) is 0 Å². The summed E-state index contributed by atoms with van der Waals surface area (Å²) in [7, 11) is 0. The molecule has 0 saturated heterocycles. The van der Waals surface area contributed by atoms with Crippen LogP contribution in [-0.2, 0) is 0 Å². The Kier molecular flexibility index (Phi) is 3.41. The Bertz CT molecular complexity index is 521. The van der Waals surface area contributed by atoms with Gasteiger partial charge < -0.3 is 4.74 Å². The molecule has 0 radical (unpaired) electrons. The van der Waals surface area contributed by atoms with Gasteiger partial charge in [-0.2, -0.15) is 0 Å². The molecule has 0 unspecified atom stereocenters. The van der Waals surface area contributed by atoms with Crippen LogP contribution in [0.5, 0.6) is 11.5 Å². The molecule has 0 amide bonds. The fraction of sp³-hybridized carbons (Fsp3) is 0. The van der Waals surface area contributed by atoms with Gasteiger partial charge in [0.25, 0.3) is 0 Å². The van der Waals surface area contributed by atoms with Crippen molar-refractivity contribution in [3.63, 3.8) is 0 Å². The van der Waals surface area contributed by atoms with Gasteiger partial charge in [-0.25, -0.2) is 4.39 Å². The Hall–Kier alpha value is -1.13. The first-order chi connectivity index (χ1) is 7.66. The van der Waals surface area contributed by atoms with Crippen LogP contribution in [0.2, 0.25) is 5.02 Å². The Labute approximate surface area is 105 Å². The average molecular weight is 303 g/mol. The number of halogens is 3. The minimum Gasteiger partial charge on any atom is -0.454 e. The van der Waals surface area contributed by atoms with Crippen molar-refractivity contribution < 1.29 is 9.13 Å². The number of pyridine rings is 1. The monoisotopic (exact) mass is 301 g/mol. The Balaban J connectivity index is 2.31. The number of benzene rings is 1. The average Bonchev–Trinajstić information content (AvgIpc) is 2.25. The smallest absolute Gasteiger partial charge is 0.146 e. The van der Waals surface area contributed by atoms with Gasteiger partial charge in [-0.05, 0) is 34.1 Å². The van der Waals surface area contributed by atoms with Crippen LogP contribution in [-0.4, -0.2) is 4.98 Å². The lowest BCUT2D eigenvalue weighted by Crippen LogP contribution is -1.87. The normalized spacial score (nSPS) is 10.2. The fourth-order valence-electron chi connectivity index (χ4n) is 1.12. The summed E-state index contributed by atoms with van der Waals surface area (Å²) in [5, 5.41) is 0.226. The van der Waals surface area contributed by atoms with Gasteiger partial charge in [0.1, 0.15) is 17.3 Å². The topological polar surface area (TPSA) is 22.1 Å². The van der Waals surface area contributed by atoms with Gasteiger partial charge in [-0.15, -0.1) is 0 Å². The molecular formula is C11H6BrClFNO. The largest absolute Gasteiger partial charge is 0.454 e. The summed E-state index contributed by atoms with van der Waals surface area (Å²) in [6.07, 6.45) is 3.20. The molecule has 0 atom stereocenters. The van der Waals surface area contributed by atoms with Crippen LogP contribution in [0.25, 0.3) is 0 Å². The van der Waals surface area contributed by atoms with E-state index in [2.05, 4.69) is 20.9 Å². The zero-order valence-corrected chi connectivity index (χ0v) is 10.3. The highest BCUT2D eigenvalue weighted by molar-refractivity contribution is 9.10. The highest BCUT2D eigenvalue weighted by atomic mass is 79.9. The second-order valence-electron chi connectivity index (χ2n) is 2.98. The fourth-order valence-corrected chi connectivity index (χ4v) is 1.66. The third-order valence-electron chi connectivity index (χ3n) is 1.85. The van der Waals surface area contributed by atoms with E-state index in [1.807, 2.05) is 0 Å². The van der Waals surface area contributed by atoms with Crippen LogP contribution in [0.1, 0.15) is 0 Å². The van der Waals surface area contributed by atoms with E-state index in [4.69, 9.17) is 16.3 Å². The second kappa shape index (κ2) is 4.80. The van der Waals surface area contributed by atoms with Crippen molar-refractivity contribution in [1.29, 1.82) is 0 Å². The molecule has 1 aromatic carbocycles. The third kappa shape index (κ3) is 2.51. The van der Waals surface area contributed by atoms with Crippen LogP contribution in [0.3, 0.4) is 0 Å². The molecule has 0 aliphatic carbocycles. The van der Waals surface area contributed by atoms with Gasteiger partial charge >= 0.3 is 0 Å². The SMILES string of the molecule is Fc1ccc(Oc2ccncc2Br)c(Cl)c1. The highest BCUT2D eigenvalue weighted by Crippen LogP contribution is 2.33. The molecule has 0 aliphatic rings. The predicted molar refractivity (Wildman–Crippen MR) is 63.4 cm³/mol. The van der Waals surface area contributed by atoms with Crippen LogP contribution in [0.15, 0.2) is 41.1 Å². The number of nitrogens with zero attached hydrogens (tertiary/aromatic N) is 1. The van der Waals surface area contributed by atoms with Crippen molar-refractivity contribution in [3.8, 4) is 11.5 Å². The first kappa shape index (κ1) is 11.4. The summed E-state index contributed by atoms with van der Waals surface area (Å²) in [6, 6.07) is 5.65. The molecular weight excluding hydrogens is 296 g/mol. The van der Waals surface area contributed by atoms with Crippen molar-refractivity contribution >= 4 is 27.5 Å². The van der Waals surface area contributed by atoms with E-state index >= 15 is 0 Å². The summed E-state index contributed by atoms with van der Waals surface area (Å²) >= 11 is 9.12. The minimum absolute atomic E-state index is 0.226. The molecule has 16 heavy (non-hydrogen) atoms. The number of aromatic nitrogens is 1. The van der Waals surface area contributed by atoms with Crippen LogP contribution < -0.4 is 4.74 Å². The zero-order chi connectivity index (χ0) is 11.5.